The van der Waals surface area contributed by atoms with Crippen molar-refractivity contribution in [1.29, 1.82) is 0 Å². The summed E-state index contributed by atoms with van der Waals surface area (Å²) < 4.78 is 66.4. The molecule has 0 aliphatic carbocycles. The summed E-state index contributed by atoms with van der Waals surface area (Å²) in [7, 11) is -3.84. The molecular weight excluding hydrogens is 431 g/mol. The molecule has 0 saturated carbocycles. The Bertz CT molecular complexity index is 1060. The number of carbonyl (C=O) groups excluding carboxylic acids is 1. The minimum atomic E-state index is -4.44. The quantitative estimate of drug-likeness (QED) is 0.752. The number of hydrogen-bond acceptors (Lipinski definition) is 4. The van der Waals surface area contributed by atoms with Crippen molar-refractivity contribution >= 4 is 21.6 Å². The Morgan fingerprint density at radius 3 is 2.35 bits per heavy atom. The number of amides is 1. The summed E-state index contributed by atoms with van der Waals surface area (Å²) in [6.07, 6.45) is -4.44. The Labute approximate surface area is 179 Å². The lowest BCUT2D eigenvalue weighted by atomic mass is 10.1. The van der Waals surface area contributed by atoms with E-state index in [9.17, 15) is 26.4 Å². The number of sulfonamides is 1. The van der Waals surface area contributed by atoms with Crippen LogP contribution in [0.3, 0.4) is 0 Å². The lowest BCUT2D eigenvalue weighted by Crippen LogP contribution is -2.48. The normalized spacial score (nSPS) is 15.7. The van der Waals surface area contributed by atoms with Crippen molar-refractivity contribution in [3.63, 3.8) is 0 Å². The van der Waals surface area contributed by atoms with E-state index in [2.05, 4.69) is 5.32 Å². The van der Waals surface area contributed by atoms with Gasteiger partial charge in [-0.05, 0) is 49.7 Å². The first-order chi connectivity index (χ1) is 14.5. The second-order valence-electron chi connectivity index (χ2n) is 7.28. The first-order valence-corrected chi connectivity index (χ1v) is 11.3. The van der Waals surface area contributed by atoms with Crippen LogP contribution in [0, 0.1) is 6.92 Å². The standard InChI is InChI=1S/C21H24F3N3O3S/c1-3-25-20(28)19-14-18(8-7-15(19)2)31(29,30)27-11-9-26(10-12-27)17-6-4-5-16(13-17)21(22,23)24/h4-8,13-14H,3,9-12H2,1-2H3,(H,25,28). The maximum atomic E-state index is 13.1. The zero-order valence-electron chi connectivity index (χ0n) is 17.2. The monoisotopic (exact) mass is 455 g/mol. The molecule has 0 spiro atoms. The molecule has 1 fully saturated rings. The molecule has 1 aliphatic rings. The fourth-order valence-electron chi connectivity index (χ4n) is 3.48. The molecule has 1 aliphatic heterocycles. The number of halogens is 3. The highest BCUT2D eigenvalue weighted by atomic mass is 32.2. The topological polar surface area (TPSA) is 69.7 Å². The van der Waals surface area contributed by atoms with Gasteiger partial charge in [-0.15, -0.1) is 0 Å². The Hall–Kier alpha value is -2.59. The van der Waals surface area contributed by atoms with E-state index in [0.717, 1.165) is 12.1 Å². The minimum Gasteiger partial charge on any atom is -0.369 e. The van der Waals surface area contributed by atoms with E-state index in [-0.39, 0.29) is 37.0 Å². The van der Waals surface area contributed by atoms with E-state index in [1.54, 1.807) is 30.9 Å². The third-order valence-electron chi connectivity index (χ3n) is 5.21. The van der Waals surface area contributed by atoms with E-state index in [1.807, 2.05) is 0 Å². The van der Waals surface area contributed by atoms with Crippen LogP contribution < -0.4 is 10.2 Å². The van der Waals surface area contributed by atoms with Gasteiger partial charge < -0.3 is 10.2 Å². The highest BCUT2D eigenvalue weighted by Crippen LogP contribution is 2.32. The first-order valence-electron chi connectivity index (χ1n) is 9.85. The fraction of sp³-hybridized carbons (Fsp3) is 0.381. The number of rotatable bonds is 5. The Balaban J connectivity index is 1.76. The maximum absolute atomic E-state index is 13.1. The predicted octanol–water partition coefficient (Wildman–Crippen LogP) is 3.27. The van der Waals surface area contributed by atoms with Gasteiger partial charge in [-0.25, -0.2) is 8.42 Å². The van der Waals surface area contributed by atoms with E-state index >= 15 is 0 Å². The van der Waals surface area contributed by atoms with Crippen molar-refractivity contribution in [3.05, 3.63) is 59.2 Å². The predicted molar refractivity (Wildman–Crippen MR) is 112 cm³/mol. The number of piperazine rings is 1. The van der Waals surface area contributed by atoms with Crippen LogP contribution in [0.1, 0.15) is 28.4 Å². The van der Waals surface area contributed by atoms with Gasteiger partial charge >= 0.3 is 6.18 Å². The third-order valence-corrected chi connectivity index (χ3v) is 7.10. The molecule has 1 N–H and O–H groups in total. The molecule has 2 aromatic rings. The SMILES string of the molecule is CCNC(=O)c1cc(S(=O)(=O)N2CCN(c3cccc(C(F)(F)F)c3)CC2)ccc1C. The van der Waals surface area contributed by atoms with Gasteiger partial charge in [-0.3, -0.25) is 4.79 Å². The lowest BCUT2D eigenvalue weighted by Gasteiger charge is -2.35. The molecule has 0 unspecified atom stereocenters. The van der Waals surface area contributed by atoms with Crippen molar-refractivity contribution < 1.29 is 26.4 Å². The summed E-state index contributed by atoms with van der Waals surface area (Å²) in [5.41, 5.74) is 0.628. The molecule has 6 nitrogen and oxygen atoms in total. The second kappa shape index (κ2) is 8.88. The van der Waals surface area contributed by atoms with Gasteiger partial charge in [0.05, 0.1) is 10.5 Å². The third kappa shape index (κ3) is 5.01. The van der Waals surface area contributed by atoms with Crippen molar-refractivity contribution in [1.82, 2.24) is 9.62 Å². The molecular formula is C21H24F3N3O3S. The largest absolute Gasteiger partial charge is 0.416 e. The summed E-state index contributed by atoms with van der Waals surface area (Å²) in [5, 5.41) is 2.67. The zero-order chi connectivity index (χ0) is 22.8. The van der Waals surface area contributed by atoms with Gasteiger partial charge in [-0.2, -0.15) is 17.5 Å². The Kier molecular flexibility index (Phi) is 6.61. The van der Waals surface area contributed by atoms with Crippen LogP contribution in [0.15, 0.2) is 47.4 Å². The van der Waals surface area contributed by atoms with Gasteiger partial charge in [0.25, 0.3) is 5.91 Å². The average molecular weight is 456 g/mol. The highest BCUT2D eigenvalue weighted by Gasteiger charge is 2.32. The van der Waals surface area contributed by atoms with Crippen LogP contribution in [0.25, 0.3) is 0 Å². The van der Waals surface area contributed by atoms with E-state index in [0.29, 0.717) is 23.4 Å². The van der Waals surface area contributed by atoms with Crippen LogP contribution in [0.5, 0.6) is 0 Å². The lowest BCUT2D eigenvalue weighted by molar-refractivity contribution is -0.137. The smallest absolute Gasteiger partial charge is 0.369 e. The fourth-order valence-corrected chi connectivity index (χ4v) is 4.93. The molecule has 2 aromatic carbocycles. The molecule has 1 amide bonds. The van der Waals surface area contributed by atoms with Crippen LogP contribution in [0.4, 0.5) is 18.9 Å². The number of nitrogens with one attached hydrogen (secondary N) is 1. The summed E-state index contributed by atoms with van der Waals surface area (Å²) >= 11 is 0. The van der Waals surface area contributed by atoms with Gasteiger partial charge in [0.15, 0.2) is 0 Å². The van der Waals surface area contributed by atoms with Crippen LogP contribution in [-0.2, 0) is 16.2 Å². The molecule has 0 radical (unpaired) electrons. The number of aryl methyl sites for hydroxylation is 1. The van der Waals surface area contributed by atoms with Crippen molar-refractivity contribution in [2.45, 2.75) is 24.9 Å². The maximum Gasteiger partial charge on any atom is 0.416 e. The molecule has 10 heteroatoms. The number of hydrogen-bond donors (Lipinski definition) is 1. The summed E-state index contributed by atoms with van der Waals surface area (Å²) in [6, 6.07) is 9.43. The van der Waals surface area contributed by atoms with Crippen LogP contribution in [-0.4, -0.2) is 51.4 Å². The first kappa shape index (κ1) is 23.1. The summed E-state index contributed by atoms with van der Waals surface area (Å²) in [6.45, 7) is 4.70. The highest BCUT2D eigenvalue weighted by molar-refractivity contribution is 7.89. The Morgan fingerprint density at radius 1 is 1.06 bits per heavy atom. The van der Waals surface area contributed by atoms with Crippen molar-refractivity contribution in [3.8, 4) is 0 Å². The summed E-state index contributed by atoms with van der Waals surface area (Å²) in [5.74, 6) is -0.341. The van der Waals surface area contributed by atoms with Gasteiger partial charge in [-0.1, -0.05) is 12.1 Å². The van der Waals surface area contributed by atoms with Crippen LogP contribution in [0.2, 0.25) is 0 Å². The van der Waals surface area contributed by atoms with Gasteiger partial charge in [0, 0.05) is 44.0 Å². The van der Waals surface area contributed by atoms with Gasteiger partial charge in [0.1, 0.15) is 0 Å². The minimum absolute atomic E-state index is 0.0203. The number of nitrogens with zero attached hydrogens (tertiary/aromatic N) is 2. The molecule has 0 aromatic heterocycles. The molecule has 1 saturated heterocycles. The van der Waals surface area contributed by atoms with E-state index in [1.165, 1.54) is 22.5 Å². The van der Waals surface area contributed by atoms with E-state index < -0.39 is 21.8 Å². The molecule has 0 bridgehead atoms. The molecule has 1 heterocycles. The second-order valence-corrected chi connectivity index (χ2v) is 9.21. The molecule has 31 heavy (non-hydrogen) atoms. The van der Waals surface area contributed by atoms with E-state index in [4.69, 9.17) is 0 Å². The average Bonchev–Trinajstić information content (AvgIpc) is 2.73. The van der Waals surface area contributed by atoms with Crippen molar-refractivity contribution in [2.75, 3.05) is 37.6 Å². The molecule has 3 rings (SSSR count). The zero-order valence-corrected chi connectivity index (χ0v) is 18.1. The molecule has 168 valence electrons. The van der Waals surface area contributed by atoms with Gasteiger partial charge in [0.2, 0.25) is 10.0 Å². The number of anilines is 1. The Morgan fingerprint density at radius 2 is 1.74 bits per heavy atom. The van der Waals surface area contributed by atoms with Crippen LogP contribution >= 0.6 is 0 Å². The number of carbonyl (C=O) groups is 1. The molecule has 0 atom stereocenters. The summed E-state index contributed by atoms with van der Waals surface area (Å²) in [4.78, 5) is 14.0. The number of benzene rings is 2. The van der Waals surface area contributed by atoms with Crippen molar-refractivity contribution in [2.24, 2.45) is 0 Å². The number of alkyl halides is 3.